The molecule has 5 nitrogen and oxygen atoms in total. The van der Waals surface area contributed by atoms with E-state index in [1.54, 1.807) is 23.1 Å². The molecule has 1 amide bonds. The molecule has 0 spiro atoms. The number of thioether (sulfide) groups is 1. The van der Waals surface area contributed by atoms with Crippen molar-refractivity contribution < 1.29 is 4.79 Å². The second-order valence-electron chi connectivity index (χ2n) is 7.80. The molecule has 0 aliphatic carbocycles. The maximum absolute atomic E-state index is 13.0. The molecule has 5 rings (SSSR count). The van der Waals surface area contributed by atoms with Crippen LogP contribution in [0.25, 0.3) is 11.4 Å². The van der Waals surface area contributed by atoms with E-state index in [1.165, 1.54) is 17.7 Å². The third kappa shape index (κ3) is 4.64. The van der Waals surface area contributed by atoms with Crippen LogP contribution in [0.5, 0.6) is 0 Å². The number of amides is 1. The van der Waals surface area contributed by atoms with Gasteiger partial charge in [0.2, 0.25) is 0 Å². The van der Waals surface area contributed by atoms with Gasteiger partial charge in [-0.05, 0) is 60.7 Å². The first-order valence-electron chi connectivity index (χ1n) is 10.9. The first-order valence-corrected chi connectivity index (χ1v) is 12.7. The van der Waals surface area contributed by atoms with E-state index in [0.717, 1.165) is 52.9 Å². The fraction of sp³-hybridized carbons (Fsp3) is 0.240. The van der Waals surface area contributed by atoms with Gasteiger partial charge >= 0.3 is 0 Å². The van der Waals surface area contributed by atoms with Crippen LogP contribution in [0.4, 0.5) is 5.69 Å². The van der Waals surface area contributed by atoms with Crippen LogP contribution < -0.4 is 5.32 Å². The van der Waals surface area contributed by atoms with Crippen LogP contribution in [-0.2, 0) is 18.7 Å². The second kappa shape index (κ2) is 9.71. The van der Waals surface area contributed by atoms with Crippen LogP contribution in [0.2, 0.25) is 0 Å². The molecule has 32 heavy (non-hydrogen) atoms. The number of carbonyl (C=O) groups is 1. The van der Waals surface area contributed by atoms with Crippen LogP contribution in [0.15, 0.2) is 70.9 Å². The summed E-state index contributed by atoms with van der Waals surface area (Å²) in [5.74, 6) is 2.75. The number of benzene rings is 2. The Morgan fingerprint density at radius 1 is 1.00 bits per heavy atom. The summed E-state index contributed by atoms with van der Waals surface area (Å²) in [6.07, 6.45) is 4.57. The zero-order valence-corrected chi connectivity index (χ0v) is 19.3. The summed E-state index contributed by atoms with van der Waals surface area (Å²) in [4.78, 5) is 15.3. The Bertz CT molecular complexity index is 1200. The lowest BCUT2D eigenvalue weighted by molar-refractivity contribution is 0.102. The van der Waals surface area contributed by atoms with Crippen molar-refractivity contribution in [1.82, 2.24) is 14.8 Å². The van der Waals surface area contributed by atoms with Gasteiger partial charge in [-0.3, -0.25) is 4.79 Å². The molecular formula is C25H24N4OS2. The zero-order chi connectivity index (χ0) is 21.8. The second-order valence-corrected chi connectivity index (χ2v) is 9.85. The number of hydrogen-bond acceptors (Lipinski definition) is 5. The molecule has 4 aromatic rings. The van der Waals surface area contributed by atoms with E-state index in [9.17, 15) is 4.79 Å². The van der Waals surface area contributed by atoms with Gasteiger partial charge in [-0.1, -0.05) is 24.6 Å². The molecule has 0 radical (unpaired) electrons. The van der Waals surface area contributed by atoms with Crippen molar-refractivity contribution in [2.75, 3.05) is 5.32 Å². The van der Waals surface area contributed by atoms with Crippen molar-refractivity contribution in [3.63, 3.8) is 0 Å². The van der Waals surface area contributed by atoms with Gasteiger partial charge in [-0.15, -0.1) is 33.3 Å². The summed E-state index contributed by atoms with van der Waals surface area (Å²) in [7, 11) is 0. The quantitative estimate of drug-likeness (QED) is 0.344. The lowest BCUT2D eigenvalue weighted by Gasteiger charge is -2.11. The smallest absolute Gasteiger partial charge is 0.256 e. The molecule has 0 saturated carbocycles. The van der Waals surface area contributed by atoms with Crippen LogP contribution in [0.3, 0.4) is 0 Å². The average molecular weight is 461 g/mol. The van der Waals surface area contributed by atoms with Crippen molar-refractivity contribution in [2.24, 2.45) is 0 Å². The van der Waals surface area contributed by atoms with E-state index in [4.69, 9.17) is 0 Å². The minimum absolute atomic E-state index is 0.0941. The largest absolute Gasteiger partial charge is 0.322 e. The van der Waals surface area contributed by atoms with Gasteiger partial charge in [0.25, 0.3) is 5.91 Å². The van der Waals surface area contributed by atoms with E-state index >= 15 is 0 Å². The standard InChI is InChI=1S/C25H24N4OS2/c30-25(21-8-3-4-9-22(21)32-17-20-7-6-16-31-20)26-19-13-11-18(12-14-19)24-28-27-23-10-2-1-5-15-29(23)24/h3-4,6-9,11-14,16H,1-2,5,10,15,17H2,(H,26,30). The Labute approximate surface area is 195 Å². The highest BCUT2D eigenvalue weighted by Gasteiger charge is 2.16. The molecule has 1 aliphatic rings. The average Bonchev–Trinajstić information content (AvgIpc) is 3.43. The highest BCUT2D eigenvalue weighted by molar-refractivity contribution is 7.98. The summed E-state index contributed by atoms with van der Waals surface area (Å²) in [5, 5.41) is 13.9. The van der Waals surface area contributed by atoms with Crippen LogP contribution in [0.1, 0.15) is 40.3 Å². The minimum Gasteiger partial charge on any atom is -0.322 e. The zero-order valence-electron chi connectivity index (χ0n) is 17.7. The van der Waals surface area contributed by atoms with Gasteiger partial charge in [0.05, 0.1) is 5.56 Å². The Hall–Kier alpha value is -2.90. The summed E-state index contributed by atoms with van der Waals surface area (Å²) < 4.78 is 2.24. The van der Waals surface area contributed by atoms with Gasteiger partial charge in [-0.2, -0.15) is 0 Å². The van der Waals surface area contributed by atoms with Crippen LogP contribution in [-0.4, -0.2) is 20.7 Å². The van der Waals surface area contributed by atoms with Gasteiger partial charge in [0.1, 0.15) is 5.82 Å². The van der Waals surface area contributed by atoms with Crippen molar-refractivity contribution in [2.45, 2.75) is 42.9 Å². The molecule has 0 fully saturated rings. The topological polar surface area (TPSA) is 59.8 Å². The molecular weight excluding hydrogens is 436 g/mol. The van der Waals surface area contributed by atoms with Crippen molar-refractivity contribution in [1.29, 1.82) is 0 Å². The number of thiophene rings is 1. The van der Waals surface area contributed by atoms with E-state index in [1.807, 2.05) is 48.5 Å². The van der Waals surface area contributed by atoms with E-state index in [-0.39, 0.29) is 5.91 Å². The summed E-state index contributed by atoms with van der Waals surface area (Å²) >= 11 is 3.43. The maximum atomic E-state index is 13.0. The number of aromatic nitrogens is 3. The molecule has 2 aromatic carbocycles. The Morgan fingerprint density at radius 3 is 2.72 bits per heavy atom. The normalized spacial score (nSPS) is 13.4. The Morgan fingerprint density at radius 2 is 1.88 bits per heavy atom. The lowest BCUT2D eigenvalue weighted by Crippen LogP contribution is -2.13. The fourth-order valence-electron chi connectivity index (χ4n) is 3.92. The highest BCUT2D eigenvalue weighted by atomic mass is 32.2. The molecule has 1 aliphatic heterocycles. The predicted octanol–water partition coefficient (Wildman–Crippen LogP) is 6.28. The lowest BCUT2D eigenvalue weighted by atomic mass is 10.1. The first kappa shape index (κ1) is 21.0. The van der Waals surface area contributed by atoms with Gasteiger partial charge < -0.3 is 9.88 Å². The maximum Gasteiger partial charge on any atom is 0.256 e. The Kier molecular flexibility index (Phi) is 6.36. The molecule has 2 aromatic heterocycles. The third-order valence-corrected chi connectivity index (χ3v) is 7.77. The number of anilines is 1. The molecule has 0 saturated heterocycles. The first-order chi connectivity index (χ1) is 15.8. The molecule has 3 heterocycles. The SMILES string of the molecule is O=C(Nc1ccc(-c2nnc3n2CCCCC3)cc1)c1ccccc1SCc1cccs1. The molecule has 162 valence electrons. The number of fused-ring (bicyclic) bond motifs is 1. The molecule has 0 atom stereocenters. The number of nitrogens with one attached hydrogen (secondary N) is 1. The summed E-state index contributed by atoms with van der Waals surface area (Å²) in [5.41, 5.74) is 2.49. The number of rotatable bonds is 6. The van der Waals surface area contributed by atoms with Crippen molar-refractivity contribution in [3.05, 3.63) is 82.3 Å². The predicted molar refractivity (Wildman–Crippen MR) is 131 cm³/mol. The van der Waals surface area contributed by atoms with E-state index in [0.29, 0.717) is 5.56 Å². The molecule has 0 bridgehead atoms. The molecule has 0 unspecified atom stereocenters. The monoisotopic (exact) mass is 460 g/mol. The number of nitrogens with zero attached hydrogens (tertiary/aromatic N) is 3. The van der Waals surface area contributed by atoms with Gasteiger partial charge in [0.15, 0.2) is 5.82 Å². The van der Waals surface area contributed by atoms with Gasteiger partial charge in [-0.25, -0.2) is 0 Å². The van der Waals surface area contributed by atoms with E-state index < -0.39 is 0 Å². The number of aryl methyl sites for hydroxylation is 1. The highest BCUT2D eigenvalue weighted by Crippen LogP contribution is 2.29. The molecule has 7 heteroatoms. The van der Waals surface area contributed by atoms with Crippen LogP contribution >= 0.6 is 23.1 Å². The fourth-order valence-corrected chi connectivity index (χ4v) is 5.75. The number of hydrogen-bond donors (Lipinski definition) is 1. The van der Waals surface area contributed by atoms with Gasteiger partial charge in [0, 0.05) is 39.7 Å². The number of carbonyl (C=O) groups excluding carboxylic acids is 1. The summed E-state index contributed by atoms with van der Waals surface area (Å²) in [6.45, 7) is 0.968. The van der Waals surface area contributed by atoms with Crippen molar-refractivity contribution in [3.8, 4) is 11.4 Å². The van der Waals surface area contributed by atoms with E-state index in [2.05, 4.69) is 37.6 Å². The third-order valence-electron chi connectivity index (χ3n) is 5.59. The van der Waals surface area contributed by atoms with Crippen LogP contribution in [0, 0.1) is 0 Å². The van der Waals surface area contributed by atoms with Crippen molar-refractivity contribution >= 4 is 34.7 Å². The Balaban J connectivity index is 1.29. The summed E-state index contributed by atoms with van der Waals surface area (Å²) in [6, 6.07) is 19.8. The minimum atomic E-state index is -0.0941. The molecule has 1 N–H and O–H groups in total.